The molecule has 0 aromatic heterocycles. The zero-order valence-electron chi connectivity index (χ0n) is 16.9. The summed E-state index contributed by atoms with van der Waals surface area (Å²) < 4.78 is 42.6. The number of ether oxygens (including phenoxy) is 3. The SMILES string of the molecule is COc1ccc(OCCOC(=O)[C@@H](C)NS(=O)(=O)c2ccc(NC(C)=O)cc2)cc1. The van der Waals surface area contributed by atoms with Crippen molar-refractivity contribution in [3.05, 3.63) is 48.5 Å². The zero-order valence-corrected chi connectivity index (χ0v) is 17.7. The minimum Gasteiger partial charge on any atom is -0.497 e. The highest BCUT2D eigenvalue weighted by Gasteiger charge is 2.23. The number of hydrogen-bond acceptors (Lipinski definition) is 7. The van der Waals surface area contributed by atoms with Crippen LogP contribution in [-0.2, 0) is 24.3 Å². The molecule has 2 rings (SSSR count). The van der Waals surface area contributed by atoms with Gasteiger partial charge in [-0.25, -0.2) is 8.42 Å². The number of carbonyl (C=O) groups is 2. The van der Waals surface area contributed by atoms with Crippen LogP contribution in [0.5, 0.6) is 11.5 Å². The van der Waals surface area contributed by atoms with Gasteiger partial charge in [0.15, 0.2) is 0 Å². The first kappa shape index (κ1) is 23.2. The van der Waals surface area contributed by atoms with Gasteiger partial charge in [0.25, 0.3) is 0 Å². The molecule has 162 valence electrons. The third kappa shape index (κ3) is 7.05. The topological polar surface area (TPSA) is 120 Å². The van der Waals surface area contributed by atoms with Gasteiger partial charge in [0, 0.05) is 12.6 Å². The summed E-state index contributed by atoms with van der Waals surface area (Å²) in [5, 5.41) is 2.54. The standard InChI is InChI=1S/C20H24N2O7S/c1-14(20(24)29-13-12-28-18-8-6-17(27-3)7-9-18)22-30(25,26)19-10-4-16(5-11-19)21-15(2)23/h4-11,14,22H,12-13H2,1-3H3,(H,21,23)/t14-/m1/s1. The molecule has 0 radical (unpaired) electrons. The summed E-state index contributed by atoms with van der Waals surface area (Å²) in [6, 6.07) is 11.4. The van der Waals surface area contributed by atoms with E-state index in [0.29, 0.717) is 17.2 Å². The van der Waals surface area contributed by atoms with Gasteiger partial charge in [-0.05, 0) is 55.5 Å². The second kappa shape index (κ2) is 10.6. The molecule has 0 fully saturated rings. The lowest BCUT2D eigenvalue weighted by molar-refractivity contribution is -0.145. The van der Waals surface area contributed by atoms with Gasteiger partial charge in [0.2, 0.25) is 15.9 Å². The minimum atomic E-state index is -3.94. The molecular weight excluding hydrogens is 412 g/mol. The van der Waals surface area contributed by atoms with Crippen molar-refractivity contribution >= 4 is 27.6 Å². The molecule has 0 unspecified atom stereocenters. The fourth-order valence-corrected chi connectivity index (χ4v) is 3.56. The molecule has 1 amide bonds. The maximum Gasteiger partial charge on any atom is 0.324 e. The van der Waals surface area contributed by atoms with E-state index in [1.165, 1.54) is 38.1 Å². The van der Waals surface area contributed by atoms with Gasteiger partial charge >= 0.3 is 5.97 Å². The number of methoxy groups -OCH3 is 1. The van der Waals surface area contributed by atoms with Crippen molar-refractivity contribution in [1.29, 1.82) is 0 Å². The number of esters is 1. The van der Waals surface area contributed by atoms with Crippen molar-refractivity contribution in [3.63, 3.8) is 0 Å². The molecule has 10 heteroatoms. The van der Waals surface area contributed by atoms with E-state index < -0.39 is 22.0 Å². The van der Waals surface area contributed by atoms with Crippen LogP contribution in [0.2, 0.25) is 0 Å². The number of nitrogens with one attached hydrogen (secondary N) is 2. The quantitative estimate of drug-likeness (QED) is 0.431. The predicted octanol–water partition coefficient (Wildman–Crippen LogP) is 1.94. The van der Waals surface area contributed by atoms with E-state index in [1.54, 1.807) is 31.4 Å². The summed E-state index contributed by atoms with van der Waals surface area (Å²) >= 11 is 0. The highest BCUT2D eigenvalue weighted by atomic mass is 32.2. The highest BCUT2D eigenvalue weighted by molar-refractivity contribution is 7.89. The average Bonchev–Trinajstić information content (AvgIpc) is 2.71. The van der Waals surface area contributed by atoms with Crippen LogP contribution >= 0.6 is 0 Å². The Morgan fingerprint density at radius 1 is 0.967 bits per heavy atom. The third-order valence-electron chi connectivity index (χ3n) is 3.83. The minimum absolute atomic E-state index is 0.0393. The first-order chi connectivity index (χ1) is 14.2. The molecular formula is C20H24N2O7S. The lowest BCUT2D eigenvalue weighted by atomic mass is 10.3. The van der Waals surface area contributed by atoms with Gasteiger partial charge in [-0.3, -0.25) is 9.59 Å². The molecule has 0 bridgehead atoms. The van der Waals surface area contributed by atoms with Gasteiger partial charge in [0.05, 0.1) is 12.0 Å². The second-order valence-corrected chi connectivity index (χ2v) is 7.95. The van der Waals surface area contributed by atoms with E-state index in [0.717, 1.165) is 0 Å². The van der Waals surface area contributed by atoms with Crippen molar-refractivity contribution in [3.8, 4) is 11.5 Å². The number of anilines is 1. The van der Waals surface area contributed by atoms with E-state index in [-0.39, 0.29) is 24.0 Å². The monoisotopic (exact) mass is 436 g/mol. The lowest BCUT2D eigenvalue weighted by Crippen LogP contribution is -2.39. The molecule has 30 heavy (non-hydrogen) atoms. The van der Waals surface area contributed by atoms with Gasteiger partial charge in [-0.2, -0.15) is 4.72 Å². The van der Waals surface area contributed by atoms with Crippen LogP contribution in [-0.4, -0.2) is 46.7 Å². The van der Waals surface area contributed by atoms with Crippen LogP contribution in [0, 0.1) is 0 Å². The van der Waals surface area contributed by atoms with Crippen LogP contribution in [0.1, 0.15) is 13.8 Å². The number of benzene rings is 2. The molecule has 2 aromatic rings. The Bertz CT molecular complexity index is 958. The number of sulfonamides is 1. The number of carbonyl (C=O) groups excluding carboxylic acids is 2. The van der Waals surface area contributed by atoms with Gasteiger partial charge < -0.3 is 19.5 Å². The largest absolute Gasteiger partial charge is 0.497 e. The normalized spacial score (nSPS) is 12.0. The smallest absolute Gasteiger partial charge is 0.324 e. The number of amides is 1. The molecule has 2 aromatic carbocycles. The molecule has 0 heterocycles. The predicted molar refractivity (Wildman–Crippen MR) is 110 cm³/mol. The zero-order chi connectivity index (χ0) is 22.1. The average molecular weight is 436 g/mol. The van der Waals surface area contributed by atoms with Gasteiger partial charge in [-0.15, -0.1) is 0 Å². The van der Waals surface area contributed by atoms with Gasteiger partial charge in [-0.1, -0.05) is 0 Å². The Hall–Kier alpha value is -3.11. The van der Waals surface area contributed by atoms with Crippen molar-refractivity contribution in [2.45, 2.75) is 24.8 Å². The summed E-state index contributed by atoms with van der Waals surface area (Å²) in [5.74, 6) is 0.283. The van der Waals surface area contributed by atoms with Crippen molar-refractivity contribution in [2.24, 2.45) is 0 Å². The van der Waals surface area contributed by atoms with Crippen molar-refractivity contribution < 1.29 is 32.2 Å². The summed E-state index contributed by atoms with van der Waals surface area (Å²) in [7, 11) is -2.38. The Morgan fingerprint density at radius 3 is 2.13 bits per heavy atom. The van der Waals surface area contributed by atoms with Crippen LogP contribution in [0.15, 0.2) is 53.4 Å². The summed E-state index contributed by atoms with van der Waals surface area (Å²) in [6.45, 7) is 2.81. The van der Waals surface area contributed by atoms with Crippen molar-refractivity contribution in [2.75, 3.05) is 25.6 Å². The molecule has 9 nitrogen and oxygen atoms in total. The van der Waals surface area contributed by atoms with Crippen LogP contribution in [0.4, 0.5) is 5.69 Å². The van der Waals surface area contributed by atoms with Crippen LogP contribution in [0.25, 0.3) is 0 Å². The summed E-state index contributed by atoms with van der Waals surface area (Å²) in [4.78, 5) is 23.0. The van der Waals surface area contributed by atoms with Crippen molar-refractivity contribution in [1.82, 2.24) is 4.72 Å². The number of rotatable bonds is 10. The summed E-state index contributed by atoms with van der Waals surface area (Å²) in [5.41, 5.74) is 0.464. The highest BCUT2D eigenvalue weighted by Crippen LogP contribution is 2.17. The Morgan fingerprint density at radius 2 is 1.57 bits per heavy atom. The maximum atomic E-state index is 12.4. The first-order valence-electron chi connectivity index (χ1n) is 9.05. The molecule has 0 aliphatic heterocycles. The Labute approximate surface area is 175 Å². The van der Waals surface area contributed by atoms with E-state index in [9.17, 15) is 18.0 Å². The molecule has 0 saturated heterocycles. The van der Waals surface area contributed by atoms with Crippen LogP contribution < -0.4 is 19.5 Å². The third-order valence-corrected chi connectivity index (χ3v) is 5.38. The lowest BCUT2D eigenvalue weighted by Gasteiger charge is -2.14. The van der Waals surface area contributed by atoms with Crippen LogP contribution in [0.3, 0.4) is 0 Å². The van der Waals surface area contributed by atoms with E-state index in [2.05, 4.69) is 10.0 Å². The molecule has 0 aliphatic rings. The Balaban J connectivity index is 1.81. The van der Waals surface area contributed by atoms with E-state index >= 15 is 0 Å². The number of hydrogen-bond donors (Lipinski definition) is 2. The van der Waals surface area contributed by atoms with E-state index in [1.807, 2.05) is 0 Å². The molecule has 2 N–H and O–H groups in total. The second-order valence-electron chi connectivity index (χ2n) is 6.24. The first-order valence-corrected chi connectivity index (χ1v) is 10.5. The molecule has 0 aliphatic carbocycles. The summed E-state index contributed by atoms with van der Waals surface area (Å²) in [6.07, 6.45) is 0. The molecule has 0 saturated carbocycles. The molecule has 1 atom stereocenters. The maximum absolute atomic E-state index is 12.4. The Kier molecular flexibility index (Phi) is 8.19. The van der Waals surface area contributed by atoms with E-state index in [4.69, 9.17) is 14.2 Å². The van der Waals surface area contributed by atoms with Gasteiger partial charge in [0.1, 0.15) is 30.8 Å². The fourth-order valence-electron chi connectivity index (χ4n) is 2.37. The fraction of sp³-hybridized carbons (Fsp3) is 0.300. The molecule has 0 spiro atoms.